The summed E-state index contributed by atoms with van der Waals surface area (Å²) in [4.78, 5) is 11.8. The Bertz CT molecular complexity index is 438. The highest BCUT2D eigenvalue weighted by molar-refractivity contribution is 5.54. The largest absolute Gasteiger partial charge is 0.369 e. The van der Waals surface area contributed by atoms with Gasteiger partial charge in [-0.1, -0.05) is 0 Å². The van der Waals surface area contributed by atoms with Crippen molar-refractivity contribution in [3.05, 3.63) is 23.5 Å². The zero-order chi connectivity index (χ0) is 15.2. The molecule has 0 saturated carbocycles. The maximum atomic E-state index is 4.43. The second kappa shape index (κ2) is 7.73. The molecule has 1 aliphatic heterocycles. The minimum Gasteiger partial charge on any atom is -0.369 e. The van der Waals surface area contributed by atoms with Crippen LogP contribution >= 0.6 is 0 Å². The summed E-state index contributed by atoms with van der Waals surface area (Å²) >= 11 is 0. The molecular weight excluding hydrogens is 262 g/mol. The number of aryl methyl sites for hydroxylation is 1. The molecule has 0 spiro atoms. The van der Waals surface area contributed by atoms with E-state index in [-0.39, 0.29) is 0 Å². The second-order valence-electron chi connectivity index (χ2n) is 6.12. The molecule has 1 aromatic rings. The topological polar surface area (TPSA) is 34.6 Å². The number of hydrogen-bond donors (Lipinski definition) is 1. The molecule has 118 valence electrons. The van der Waals surface area contributed by atoms with E-state index in [0.29, 0.717) is 0 Å². The van der Waals surface area contributed by atoms with Gasteiger partial charge in [0, 0.05) is 69.0 Å². The molecule has 0 aromatic carbocycles. The van der Waals surface area contributed by atoms with Crippen molar-refractivity contribution >= 4 is 5.69 Å². The van der Waals surface area contributed by atoms with E-state index < -0.39 is 0 Å². The number of aromatic nitrogens is 1. The molecule has 0 unspecified atom stereocenters. The highest BCUT2D eigenvalue weighted by atomic mass is 15.3. The van der Waals surface area contributed by atoms with E-state index in [1.54, 1.807) is 0 Å². The van der Waals surface area contributed by atoms with E-state index in [2.05, 4.69) is 52.1 Å². The summed E-state index contributed by atoms with van der Waals surface area (Å²) in [7, 11) is 6.27. The minimum atomic E-state index is 0.878. The molecule has 1 saturated heterocycles. The Labute approximate surface area is 128 Å². The summed E-state index contributed by atoms with van der Waals surface area (Å²) in [6, 6.07) is 2.22. The fourth-order valence-corrected chi connectivity index (χ4v) is 2.75. The van der Waals surface area contributed by atoms with Crippen molar-refractivity contribution in [3.63, 3.8) is 0 Å². The molecule has 1 fully saturated rings. The molecule has 2 rings (SSSR count). The zero-order valence-corrected chi connectivity index (χ0v) is 13.9. The molecule has 1 aromatic heterocycles. The molecule has 0 amide bonds. The molecule has 0 atom stereocenters. The van der Waals surface area contributed by atoms with Gasteiger partial charge in [-0.05, 0) is 34.1 Å². The lowest BCUT2D eigenvalue weighted by atomic mass is 10.1. The minimum absolute atomic E-state index is 0.878. The summed E-state index contributed by atoms with van der Waals surface area (Å²) in [5.74, 6) is 0. The Kier molecular flexibility index (Phi) is 5.96. The lowest BCUT2D eigenvalue weighted by molar-refractivity contribution is 0.229. The Morgan fingerprint density at radius 2 is 1.95 bits per heavy atom. The van der Waals surface area contributed by atoms with Crippen LogP contribution in [0.15, 0.2) is 12.3 Å². The van der Waals surface area contributed by atoms with E-state index in [1.165, 1.54) is 17.8 Å². The predicted molar refractivity (Wildman–Crippen MR) is 88.9 cm³/mol. The quantitative estimate of drug-likeness (QED) is 0.838. The second-order valence-corrected chi connectivity index (χ2v) is 6.12. The third-order valence-electron chi connectivity index (χ3n) is 4.04. The third kappa shape index (κ3) is 4.66. The number of rotatable bonds is 6. The summed E-state index contributed by atoms with van der Waals surface area (Å²) in [6.07, 6.45) is 2.01. The first-order valence-corrected chi connectivity index (χ1v) is 7.82. The van der Waals surface area contributed by atoms with Crippen molar-refractivity contribution < 1.29 is 0 Å². The predicted octanol–water partition coefficient (Wildman–Crippen LogP) is 0.793. The van der Waals surface area contributed by atoms with Crippen molar-refractivity contribution in [2.45, 2.75) is 13.5 Å². The molecule has 2 heterocycles. The van der Waals surface area contributed by atoms with Crippen LogP contribution in [0.1, 0.15) is 11.3 Å². The van der Waals surface area contributed by atoms with E-state index in [1.807, 2.05) is 13.2 Å². The molecular formula is C16H29N5. The molecule has 5 heteroatoms. The highest BCUT2D eigenvalue weighted by Gasteiger charge is 2.19. The van der Waals surface area contributed by atoms with Crippen LogP contribution in [0.5, 0.6) is 0 Å². The molecule has 1 aliphatic rings. The van der Waals surface area contributed by atoms with Gasteiger partial charge in [-0.15, -0.1) is 0 Å². The van der Waals surface area contributed by atoms with Gasteiger partial charge in [0.25, 0.3) is 0 Å². The van der Waals surface area contributed by atoms with Crippen LogP contribution < -0.4 is 10.2 Å². The van der Waals surface area contributed by atoms with Gasteiger partial charge in [0.15, 0.2) is 0 Å². The Morgan fingerprint density at radius 1 is 1.24 bits per heavy atom. The smallest absolute Gasteiger partial charge is 0.0446 e. The third-order valence-corrected chi connectivity index (χ3v) is 4.04. The van der Waals surface area contributed by atoms with Crippen LogP contribution in [0, 0.1) is 6.92 Å². The van der Waals surface area contributed by atoms with Gasteiger partial charge >= 0.3 is 0 Å². The number of piperazine rings is 1. The first-order chi connectivity index (χ1) is 10.1. The van der Waals surface area contributed by atoms with Crippen LogP contribution in [0.3, 0.4) is 0 Å². The Balaban J connectivity index is 1.96. The molecule has 0 radical (unpaired) electrons. The lowest BCUT2D eigenvalue weighted by Crippen LogP contribution is -2.48. The van der Waals surface area contributed by atoms with Crippen molar-refractivity contribution in [1.29, 1.82) is 0 Å². The van der Waals surface area contributed by atoms with Crippen molar-refractivity contribution in [2.75, 3.05) is 65.3 Å². The van der Waals surface area contributed by atoms with Gasteiger partial charge in [0.2, 0.25) is 0 Å². The van der Waals surface area contributed by atoms with E-state index in [9.17, 15) is 0 Å². The molecule has 1 N–H and O–H groups in total. The van der Waals surface area contributed by atoms with Crippen LogP contribution in [0.25, 0.3) is 0 Å². The van der Waals surface area contributed by atoms with Gasteiger partial charge in [0.05, 0.1) is 0 Å². The number of pyridine rings is 1. The summed E-state index contributed by atoms with van der Waals surface area (Å²) in [5, 5.41) is 3.24. The number of nitrogens with one attached hydrogen (secondary N) is 1. The van der Waals surface area contributed by atoms with Gasteiger partial charge in [-0.25, -0.2) is 0 Å². The first kappa shape index (κ1) is 16.2. The monoisotopic (exact) mass is 291 g/mol. The average molecular weight is 291 g/mol. The maximum Gasteiger partial charge on any atom is 0.0446 e. The van der Waals surface area contributed by atoms with Crippen LogP contribution in [0.4, 0.5) is 5.69 Å². The zero-order valence-electron chi connectivity index (χ0n) is 13.9. The van der Waals surface area contributed by atoms with E-state index >= 15 is 0 Å². The normalized spacial score (nSPS) is 16.7. The summed E-state index contributed by atoms with van der Waals surface area (Å²) in [6.45, 7) is 9.76. The lowest BCUT2D eigenvalue weighted by Gasteiger charge is -2.37. The number of hydrogen-bond acceptors (Lipinski definition) is 5. The number of likely N-dealkylation sites (N-methyl/N-ethyl adjacent to an activating group) is 1. The van der Waals surface area contributed by atoms with Gasteiger partial charge in [-0.2, -0.15) is 0 Å². The van der Waals surface area contributed by atoms with E-state index in [0.717, 1.165) is 45.0 Å². The Hall–Kier alpha value is -1.17. The molecule has 0 aliphatic carbocycles. The molecule has 5 nitrogen and oxygen atoms in total. The summed E-state index contributed by atoms with van der Waals surface area (Å²) in [5.41, 5.74) is 3.74. The van der Waals surface area contributed by atoms with Crippen LogP contribution in [-0.2, 0) is 6.54 Å². The van der Waals surface area contributed by atoms with Crippen LogP contribution in [0.2, 0.25) is 0 Å². The highest BCUT2D eigenvalue weighted by Crippen LogP contribution is 2.22. The standard InChI is InChI=1S/C16H29N5/c1-14-11-16(15(12-17-2)13-18-14)21-9-7-20(8-10-21)6-5-19(3)4/h11,13,17H,5-10,12H2,1-4H3. The Morgan fingerprint density at radius 3 is 2.57 bits per heavy atom. The van der Waals surface area contributed by atoms with Crippen molar-refractivity contribution in [3.8, 4) is 0 Å². The maximum absolute atomic E-state index is 4.43. The van der Waals surface area contributed by atoms with Crippen molar-refractivity contribution in [2.24, 2.45) is 0 Å². The SMILES string of the molecule is CNCc1cnc(C)cc1N1CCN(CCN(C)C)CC1. The molecule has 0 bridgehead atoms. The fourth-order valence-electron chi connectivity index (χ4n) is 2.75. The molecule has 21 heavy (non-hydrogen) atoms. The number of nitrogens with zero attached hydrogens (tertiary/aromatic N) is 4. The summed E-state index contributed by atoms with van der Waals surface area (Å²) < 4.78 is 0. The number of anilines is 1. The van der Waals surface area contributed by atoms with E-state index in [4.69, 9.17) is 0 Å². The van der Waals surface area contributed by atoms with Crippen molar-refractivity contribution in [1.82, 2.24) is 20.1 Å². The first-order valence-electron chi connectivity index (χ1n) is 7.82. The fraction of sp³-hybridized carbons (Fsp3) is 0.688. The van der Waals surface area contributed by atoms with Crippen LogP contribution in [-0.4, -0.2) is 75.2 Å². The van der Waals surface area contributed by atoms with Gasteiger partial charge in [-0.3, -0.25) is 9.88 Å². The van der Waals surface area contributed by atoms with Gasteiger partial charge in [0.1, 0.15) is 0 Å². The average Bonchev–Trinajstić information content (AvgIpc) is 2.48. The van der Waals surface area contributed by atoms with Gasteiger partial charge < -0.3 is 15.1 Å².